The summed E-state index contributed by atoms with van der Waals surface area (Å²) in [5.41, 5.74) is -0.928. The van der Waals surface area contributed by atoms with Gasteiger partial charge in [0, 0.05) is 12.2 Å². The first-order chi connectivity index (χ1) is 11.6. The Kier molecular flexibility index (Phi) is 4.22. The number of amides is 1. The molecular weight excluding hydrogens is 331 g/mol. The van der Waals surface area contributed by atoms with Crippen molar-refractivity contribution in [1.82, 2.24) is 0 Å². The van der Waals surface area contributed by atoms with Gasteiger partial charge in [0.1, 0.15) is 0 Å². The van der Waals surface area contributed by atoms with E-state index in [4.69, 9.17) is 0 Å². The maximum atomic E-state index is 12.9. The average molecular weight is 353 g/mol. The molecule has 2 fully saturated rings. The van der Waals surface area contributed by atoms with Crippen LogP contribution in [0.3, 0.4) is 0 Å². The zero-order valence-electron chi connectivity index (χ0n) is 14.2. The summed E-state index contributed by atoms with van der Waals surface area (Å²) >= 11 is 0. The van der Waals surface area contributed by atoms with Gasteiger partial charge in [-0.2, -0.15) is 13.2 Å². The lowest BCUT2D eigenvalue weighted by Crippen LogP contribution is -2.43. The highest BCUT2D eigenvalue weighted by Crippen LogP contribution is 2.50. The van der Waals surface area contributed by atoms with Crippen molar-refractivity contribution in [2.45, 2.75) is 50.8 Å². The lowest BCUT2D eigenvalue weighted by Gasteiger charge is -2.41. The van der Waals surface area contributed by atoms with E-state index in [1.54, 1.807) is 11.8 Å². The van der Waals surface area contributed by atoms with Gasteiger partial charge in [-0.15, -0.1) is 0 Å². The number of anilines is 1. The van der Waals surface area contributed by atoms with Crippen molar-refractivity contribution in [3.8, 4) is 0 Å². The number of halogens is 3. The highest BCUT2D eigenvalue weighted by molar-refractivity contribution is 6.00. The summed E-state index contributed by atoms with van der Waals surface area (Å²) in [6, 6.07) is 4.72. The van der Waals surface area contributed by atoms with Crippen molar-refractivity contribution >= 4 is 11.6 Å². The summed E-state index contributed by atoms with van der Waals surface area (Å²) in [5, 5.41) is 10.5. The minimum atomic E-state index is -4.38. The van der Waals surface area contributed by atoms with Gasteiger partial charge >= 0.3 is 6.18 Å². The molecule has 1 spiro atoms. The Labute approximate surface area is 145 Å². The van der Waals surface area contributed by atoms with Gasteiger partial charge in [0.15, 0.2) is 0 Å². The van der Waals surface area contributed by atoms with E-state index >= 15 is 0 Å². The Hall–Kier alpha value is -1.82. The molecule has 25 heavy (non-hydrogen) atoms. The molecule has 1 aromatic carbocycles. The normalized spacial score (nSPS) is 30.1. The summed E-state index contributed by atoms with van der Waals surface area (Å²) in [4.78, 5) is 14.5. The Morgan fingerprint density at radius 1 is 1.12 bits per heavy atom. The van der Waals surface area contributed by atoms with Crippen LogP contribution in [0.2, 0.25) is 0 Å². The molecule has 1 saturated heterocycles. The summed E-state index contributed by atoms with van der Waals surface area (Å²) in [6.07, 6.45) is -1.58. The third kappa shape index (κ3) is 3.08. The summed E-state index contributed by atoms with van der Waals surface area (Å²) < 4.78 is 38.1. The van der Waals surface area contributed by atoms with Crippen LogP contribution >= 0.6 is 0 Å². The van der Waals surface area contributed by atoms with E-state index < -0.39 is 22.8 Å². The Bertz CT molecular complexity index is 686. The maximum Gasteiger partial charge on any atom is 0.416 e. The maximum absolute atomic E-state index is 12.9. The third-order valence-electron chi connectivity index (χ3n) is 5.85. The first kappa shape index (κ1) is 18.0. The fraction of sp³-hybridized carbons (Fsp3) is 0.526. The number of hydrogen-bond acceptors (Lipinski definition) is 2. The van der Waals surface area contributed by atoms with Gasteiger partial charge in [-0.25, -0.2) is 0 Å². The molecule has 0 aromatic heterocycles. The topological polar surface area (TPSA) is 40.5 Å². The molecule has 1 saturated carbocycles. The fourth-order valence-electron chi connectivity index (χ4n) is 3.93. The zero-order valence-corrected chi connectivity index (χ0v) is 14.2. The first-order valence-electron chi connectivity index (χ1n) is 8.45. The van der Waals surface area contributed by atoms with Crippen LogP contribution in [0.25, 0.3) is 0 Å². The van der Waals surface area contributed by atoms with Gasteiger partial charge < -0.3 is 10.0 Å². The standard InChI is InChI=1S/C19H22F3NO2/c1-13(2)18(25)9-7-17(8-10-18)11-12-23(16(17)24)15-5-3-14(4-6-15)19(20,21)22/h3-6,25H,1,7-12H2,2H3. The van der Waals surface area contributed by atoms with Crippen LogP contribution in [0.1, 0.15) is 44.6 Å². The number of benzene rings is 1. The smallest absolute Gasteiger partial charge is 0.386 e. The second-order valence-corrected chi connectivity index (χ2v) is 7.34. The van der Waals surface area contributed by atoms with Gasteiger partial charge in [-0.3, -0.25) is 4.79 Å². The predicted octanol–water partition coefficient (Wildman–Crippen LogP) is 4.31. The average Bonchev–Trinajstić information content (AvgIpc) is 2.87. The lowest BCUT2D eigenvalue weighted by molar-refractivity contribution is -0.137. The van der Waals surface area contributed by atoms with Crippen molar-refractivity contribution in [1.29, 1.82) is 0 Å². The predicted molar refractivity (Wildman–Crippen MR) is 89.1 cm³/mol. The minimum absolute atomic E-state index is 0.0453. The van der Waals surface area contributed by atoms with Crippen LogP contribution in [-0.4, -0.2) is 23.2 Å². The molecule has 6 heteroatoms. The molecular formula is C19H22F3NO2. The van der Waals surface area contributed by atoms with E-state index in [0.717, 1.165) is 12.1 Å². The number of aliphatic hydroxyl groups is 1. The number of carbonyl (C=O) groups excluding carboxylic acids is 1. The third-order valence-corrected chi connectivity index (χ3v) is 5.85. The van der Waals surface area contributed by atoms with Crippen molar-refractivity contribution in [3.63, 3.8) is 0 Å². The molecule has 1 aromatic rings. The van der Waals surface area contributed by atoms with Gasteiger partial charge in [-0.1, -0.05) is 6.58 Å². The van der Waals surface area contributed by atoms with E-state index in [2.05, 4.69) is 6.58 Å². The van der Waals surface area contributed by atoms with E-state index in [9.17, 15) is 23.1 Å². The molecule has 1 heterocycles. The molecule has 3 nitrogen and oxygen atoms in total. The van der Waals surface area contributed by atoms with Crippen molar-refractivity contribution in [2.75, 3.05) is 11.4 Å². The molecule has 0 bridgehead atoms. The van der Waals surface area contributed by atoms with Crippen LogP contribution in [0.15, 0.2) is 36.4 Å². The number of hydrogen-bond donors (Lipinski definition) is 1. The molecule has 0 unspecified atom stereocenters. The molecule has 2 aliphatic rings. The Balaban J connectivity index is 1.76. The molecule has 0 atom stereocenters. The largest absolute Gasteiger partial charge is 0.416 e. The molecule has 136 valence electrons. The van der Waals surface area contributed by atoms with Gasteiger partial charge in [-0.05, 0) is 68.9 Å². The number of rotatable bonds is 2. The van der Waals surface area contributed by atoms with E-state index in [0.29, 0.717) is 49.9 Å². The van der Waals surface area contributed by atoms with Crippen LogP contribution in [0.5, 0.6) is 0 Å². The molecule has 0 radical (unpaired) electrons. The zero-order chi connectivity index (χ0) is 18.5. The molecule has 1 amide bonds. The Morgan fingerprint density at radius 3 is 2.16 bits per heavy atom. The minimum Gasteiger partial charge on any atom is -0.386 e. The summed E-state index contributed by atoms with van der Waals surface area (Å²) in [5.74, 6) is -0.0453. The lowest BCUT2D eigenvalue weighted by atomic mass is 9.66. The second-order valence-electron chi connectivity index (χ2n) is 7.34. The van der Waals surface area contributed by atoms with Gasteiger partial charge in [0.25, 0.3) is 0 Å². The highest BCUT2D eigenvalue weighted by atomic mass is 19.4. The quantitative estimate of drug-likeness (QED) is 0.805. The van der Waals surface area contributed by atoms with Crippen LogP contribution in [-0.2, 0) is 11.0 Å². The summed E-state index contributed by atoms with van der Waals surface area (Å²) in [6.45, 7) is 6.13. The van der Waals surface area contributed by atoms with Crippen LogP contribution < -0.4 is 4.90 Å². The van der Waals surface area contributed by atoms with Crippen LogP contribution in [0.4, 0.5) is 18.9 Å². The number of alkyl halides is 3. The second kappa shape index (κ2) is 5.87. The van der Waals surface area contributed by atoms with Crippen molar-refractivity contribution in [3.05, 3.63) is 42.0 Å². The first-order valence-corrected chi connectivity index (χ1v) is 8.45. The van der Waals surface area contributed by atoms with E-state index in [1.165, 1.54) is 12.1 Å². The molecule has 3 rings (SSSR count). The van der Waals surface area contributed by atoms with Gasteiger partial charge in [0.2, 0.25) is 5.91 Å². The highest BCUT2D eigenvalue weighted by Gasteiger charge is 2.51. The van der Waals surface area contributed by atoms with Crippen molar-refractivity contribution in [2.24, 2.45) is 5.41 Å². The van der Waals surface area contributed by atoms with E-state index in [1.807, 2.05) is 0 Å². The summed E-state index contributed by atoms with van der Waals surface area (Å²) in [7, 11) is 0. The molecule has 1 N–H and O–H groups in total. The van der Waals surface area contributed by atoms with Crippen molar-refractivity contribution < 1.29 is 23.1 Å². The van der Waals surface area contributed by atoms with E-state index in [-0.39, 0.29) is 5.91 Å². The number of nitrogens with zero attached hydrogens (tertiary/aromatic N) is 1. The number of carbonyl (C=O) groups is 1. The van der Waals surface area contributed by atoms with Crippen LogP contribution in [0, 0.1) is 5.41 Å². The Morgan fingerprint density at radius 2 is 1.68 bits per heavy atom. The fourth-order valence-corrected chi connectivity index (χ4v) is 3.93. The molecule has 1 aliphatic heterocycles. The molecule has 1 aliphatic carbocycles. The SMILES string of the molecule is C=C(C)C1(O)CCC2(CCN(c3ccc(C(F)(F)F)cc3)C2=O)CC1. The monoisotopic (exact) mass is 353 g/mol. The van der Waals surface area contributed by atoms with Gasteiger partial charge in [0.05, 0.1) is 16.6 Å².